The van der Waals surface area contributed by atoms with E-state index < -0.39 is 0 Å². The van der Waals surface area contributed by atoms with Gasteiger partial charge in [-0.15, -0.1) is 11.3 Å². The summed E-state index contributed by atoms with van der Waals surface area (Å²) in [6.45, 7) is 3.95. The smallest absolute Gasteiger partial charge is 0.196 e. The Bertz CT molecular complexity index is 645. The second kappa shape index (κ2) is 6.15. The molecule has 2 aromatic rings. The van der Waals surface area contributed by atoms with Crippen molar-refractivity contribution in [2.24, 2.45) is 0 Å². The molecule has 104 valence electrons. The van der Waals surface area contributed by atoms with Crippen molar-refractivity contribution >= 4 is 39.8 Å². The van der Waals surface area contributed by atoms with Crippen LogP contribution in [0.1, 0.15) is 26.4 Å². The Labute approximate surface area is 127 Å². The average Bonchev–Trinajstić information content (AvgIpc) is 2.74. The number of rotatable bonds is 5. The van der Waals surface area contributed by atoms with Gasteiger partial charge < -0.3 is 10.1 Å². The average molecular weight is 305 g/mol. The van der Waals surface area contributed by atoms with Crippen molar-refractivity contribution in [2.75, 3.05) is 12.4 Å². The summed E-state index contributed by atoms with van der Waals surface area (Å²) >= 11 is 6.37. The number of nitrogens with one attached hydrogen (secondary N) is 1. The molecule has 1 N–H and O–H groups in total. The minimum Gasteiger partial charge on any atom is -0.497 e. The molecule has 0 unspecified atom stereocenters. The van der Waals surface area contributed by atoms with Crippen LogP contribution >= 0.6 is 23.6 Å². The number of ketones is 1. The van der Waals surface area contributed by atoms with E-state index in [1.165, 1.54) is 5.49 Å². The fraction of sp³-hybridized carbons (Fsp3) is 0.200. The van der Waals surface area contributed by atoms with E-state index in [0.29, 0.717) is 11.1 Å². The van der Waals surface area contributed by atoms with Crippen LogP contribution in [0.2, 0.25) is 0 Å². The van der Waals surface area contributed by atoms with Crippen LogP contribution in [0.25, 0.3) is 0 Å². The summed E-state index contributed by atoms with van der Waals surface area (Å²) in [5.74, 6) is 0.728. The van der Waals surface area contributed by atoms with Crippen molar-refractivity contribution in [1.29, 1.82) is 0 Å². The SMILES string of the molecule is COc1ccc(C(=O)c2c(NC=S)sc(C)c2C)cc1. The van der Waals surface area contributed by atoms with Gasteiger partial charge in [-0.1, -0.05) is 12.2 Å². The predicted octanol–water partition coefficient (Wildman–Crippen LogP) is 3.97. The van der Waals surface area contributed by atoms with E-state index in [1.807, 2.05) is 13.8 Å². The number of aryl methyl sites for hydroxylation is 1. The Morgan fingerprint density at radius 3 is 2.50 bits per heavy atom. The second-order valence-corrected chi connectivity index (χ2v) is 5.77. The summed E-state index contributed by atoms with van der Waals surface area (Å²) < 4.78 is 5.10. The monoisotopic (exact) mass is 305 g/mol. The second-order valence-electron chi connectivity index (χ2n) is 4.31. The number of hydrogen-bond acceptors (Lipinski definition) is 4. The lowest BCUT2D eigenvalue weighted by molar-refractivity contribution is 0.103. The van der Waals surface area contributed by atoms with Crippen LogP contribution in [0.4, 0.5) is 5.00 Å². The minimum absolute atomic E-state index is 0.00569. The van der Waals surface area contributed by atoms with E-state index >= 15 is 0 Å². The van der Waals surface area contributed by atoms with Crippen LogP contribution in [-0.2, 0) is 0 Å². The summed E-state index contributed by atoms with van der Waals surface area (Å²) in [7, 11) is 1.60. The highest BCUT2D eigenvalue weighted by molar-refractivity contribution is 7.79. The third kappa shape index (κ3) is 2.73. The number of benzene rings is 1. The van der Waals surface area contributed by atoms with Gasteiger partial charge in [0.15, 0.2) is 5.78 Å². The van der Waals surface area contributed by atoms with Gasteiger partial charge in [0.05, 0.1) is 18.2 Å². The molecule has 0 amide bonds. The molecule has 0 aliphatic heterocycles. The number of anilines is 1. The zero-order chi connectivity index (χ0) is 14.7. The van der Waals surface area contributed by atoms with Crippen LogP contribution in [0.5, 0.6) is 5.75 Å². The maximum atomic E-state index is 12.7. The maximum Gasteiger partial charge on any atom is 0.196 e. The maximum absolute atomic E-state index is 12.7. The van der Waals surface area contributed by atoms with Crippen molar-refractivity contribution in [2.45, 2.75) is 13.8 Å². The molecule has 20 heavy (non-hydrogen) atoms. The summed E-state index contributed by atoms with van der Waals surface area (Å²) in [6, 6.07) is 7.12. The topological polar surface area (TPSA) is 38.3 Å². The van der Waals surface area contributed by atoms with Gasteiger partial charge in [0.2, 0.25) is 0 Å². The van der Waals surface area contributed by atoms with Gasteiger partial charge in [-0.05, 0) is 43.7 Å². The van der Waals surface area contributed by atoms with Crippen molar-refractivity contribution in [1.82, 2.24) is 0 Å². The third-order valence-electron chi connectivity index (χ3n) is 3.15. The van der Waals surface area contributed by atoms with Crippen molar-refractivity contribution in [3.63, 3.8) is 0 Å². The number of thiophene rings is 1. The number of hydrogen-bond donors (Lipinski definition) is 1. The van der Waals surface area contributed by atoms with Crippen molar-refractivity contribution in [3.8, 4) is 5.75 Å². The zero-order valence-corrected chi connectivity index (χ0v) is 13.2. The molecule has 0 aliphatic carbocycles. The molecule has 0 aliphatic rings. The highest BCUT2D eigenvalue weighted by Gasteiger charge is 2.20. The first-order valence-corrected chi connectivity index (χ1v) is 7.36. The molecule has 1 aromatic carbocycles. The van der Waals surface area contributed by atoms with E-state index in [4.69, 9.17) is 17.0 Å². The van der Waals surface area contributed by atoms with Crippen LogP contribution in [-0.4, -0.2) is 18.4 Å². The van der Waals surface area contributed by atoms with E-state index in [1.54, 1.807) is 42.7 Å². The van der Waals surface area contributed by atoms with E-state index in [-0.39, 0.29) is 5.78 Å². The molecular weight excluding hydrogens is 290 g/mol. The number of thiocarbonyl (C=S) groups is 1. The molecule has 2 rings (SSSR count). The number of methoxy groups -OCH3 is 1. The van der Waals surface area contributed by atoms with Gasteiger partial charge in [0.25, 0.3) is 0 Å². The van der Waals surface area contributed by atoms with Crippen LogP contribution in [0.15, 0.2) is 24.3 Å². The first-order chi connectivity index (χ1) is 9.58. The van der Waals surface area contributed by atoms with E-state index in [9.17, 15) is 4.79 Å². The summed E-state index contributed by atoms with van der Waals surface area (Å²) in [5.41, 5.74) is 3.75. The lowest BCUT2D eigenvalue weighted by Gasteiger charge is -2.05. The molecule has 0 radical (unpaired) electrons. The first kappa shape index (κ1) is 14.7. The number of ether oxygens (including phenoxy) is 1. The Morgan fingerprint density at radius 1 is 1.30 bits per heavy atom. The fourth-order valence-corrected chi connectivity index (χ4v) is 3.16. The van der Waals surface area contributed by atoms with E-state index in [0.717, 1.165) is 21.2 Å². The molecule has 0 fully saturated rings. The molecule has 0 atom stereocenters. The van der Waals surface area contributed by atoms with Crippen LogP contribution in [0, 0.1) is 13.8 Å². The van der Waals surface area contributed by atoms with E-state index in [2.05, 4.69) is 5.32 Å². The summed E-state index contributed by atoms with van der Waals surface area (Å²) in [6.07, 6.45) is 0. The molecule has 0 saturated carbocycles. The van der Waals surface area contributed by atoms with Gasteiger partial charge in [0.1, 0.15) is 10.8 Å². The Hall–Kier alpha value is -1.72. The summed E-state index contributed by atoms with van der Waals surface area (Å²) in [4.78, 5) is 13.8. The van der Waals surface area contributed by atoms with Crippen molar-refractivity contribution < 1.29 is 9.53 Å². The molecular formula is C15H15NO2S2. The van der Waals surface area contributed by atoms with Gasteiger partial charge in [-0.3, -0.25) is 4.79 Å². The standard InChI is InChI=1S/C15H15NO2S2/c1-9-10(2)20-15(16-8-19)13(9)14(17)11-4-6-12(18-3)7-5-11/h4-8H,1-3H3,(H,16,19). The quantitative estimate of drug-likeness (QED) is 0.670. The van der Waals surface area contributed by atoms with Crippen LogP contribution < -0.4 is 10.1 Å². The van der Waals surface area contributed by atoms with Gasteiger partial charge in [-0.2, -0.15) is 0 Å². The van der Waals surface area contributed by atoms with Crippen LogP contribution in [0.3, 0.4) is 0 Å². The van der Waals surface area contributed by atoms with Gasteiger partial charge in [0, 0.05) is 10.4 Å². The van der Waals surface area contributed by atoms with Crippen molar-refractivity contribution in [3.05, 3.63) is 45.8 Å². The molecule has 1 aromatic heterocycles. The third-order valence-corrected chi connectivity index (χ3v) is 4.41. The molecule has 0 saturated heterocycles. The lowest BCUT2D eigenvalue weighted by Crippen LogP contribution is -2.05. The Balaban J connectivity index is 2.43. The largest absolute Gasteiger partial charge is 0.497 e. The molecule has 3 nitrogen and oxygen atoms in total. The number of carbonyl (C=O) groups excluding carboxylic acids is 1. The molecule has 1 heterocycles. The molecule has 5 heteroatoms. The zero-order valence-electron chi connectivity index (χ0n) is 11.5. The predicted molar refractivity (Wildman–Crippen MR) is 87.5 cm³/mol. The Morgan fingerprint density at radius 2 is 1.95 bits per heavy atom. The minimum atomic E-state index is -0.00569. The highest BCUT2D eigenvalue weighted by Crippen LogP contribution is 2.34. The normalized spacial score (nSPS) is 10.2. The first-order valence-electron chi connectivity index (χ1n) is 6.07. The molecule has 0 spiro atoms. The summed E-state index contributed by atoms with van der Waals surface area (Å²) in [5, 5.41) is 3.78. The van der Waals surface area contributed by atoms with Gasteiger partial charge >= 0.3 is 0 Å². The highest BCUT2D eigenvalue weighted by atomic mass is 32.1. The fourth-order valence-electron chi connectivity index (χ4n) is 1.94. The lowest BCUT2D eigenvalue weighted by atomic mass is 10.0. The molecule has 0 bridgehead atoms. The number of carbonyl (C=O) groups is 1. The Kier molecular flexibility index (Phi) is 4.52. The van der Waals surface area contributed by atoms with Gasteiger partial charge in [-0.25, -0.2) is 0 Å².